The Morgan fingerprint density at radius 2 is 2.50 bits per heavy atom. The van der Waals surface area contributed by atoms with Crippen molar-refractivity contribution >= 4 is 12.0 Å². The molecule has 8 nitrogen and oxygen atoms in total. The number of tetrazole rings is 1. The van der Waals surface area contributed by atoms with Gasteiger partial charge in [0.2, 0.25) is 0 Å². The molecule has 0 aliphatic heterocycles. The van der Waals surface area contributed by atoms with Crippen molar-refractivity contribution in [1.82, 2.24) is 20.6 Å². The highest BCUT2D eigenvalue weighted by atomic mass is 16.4. The molecule has 52 valence electrons. The zero-order chi connectivity index (χ0) is 7.40. The molecule has 1 aromatic rings. The molecule has 1 heterocycles. The number of amides is 1. The summed E-state index contributed by atoms with van der Waals surface area (Å²) in [5, 5.41) is 25.6. The standard InChI is InChI=1S/C2H2N6O2/c9-2(10)6-3-1-4-7-8-5-1/h(H,9,10)(H,4,5,7,8)/b6-3+. The number of aromatic nitrogens is 4. The molecule has 2 N–H and O–H groups in total. The number of carbonyl (C=O) groups is 1. The lowest BCUT2D eigenvalue weighted by Gasteiger charge is -1.73. The molecular formula is C2H2N6O2. The van der Waals surface area contributed by atoms with Crippen molar-refractivity contribution < 1.29 is 9.90 Å². The molecule has 0 saturated heterocycles. The third-order valence-electron chi connectivity index (χ3n) is 0.559. The fourth-order valence-corrected chi connectivity index (χ4v) is 0.286. The molecule has 10 heavy (non-hydrogen) atoms. The topological polar surface area (TPSA) is 116 Å². The molecule has 0 unspecified atom stereocenters. The Labute approximate surface area is 54.0 Å². The number of carboxylic acid groups (broad SMARTS) is 1. The molecule has 8 heteroatoms. The van der Waals surface area contributed by atoms with E-state index in [-0.39, 0.29) is 5.95 Å². The molecule has 1 amide bonds. The van der Waals surface area contributed by atoms with E-state index < -0.39 is 6.09 Å². The second-order valence-corrected chi connectivity index (χ2v) is 1.19. The van der Waals surface area contributed by atoms with E-state index in [4.69, 9.17) is 5.11 Å². The van der Waals surface area contributed by atoms with Crippen molar-refractivity contribution in [3.05, 3.63) is 0 Å². The lowest BCUT2D eigenvalue weighted by atomic mass is 11.1. The van der Waals surface area contributed by atoms with Crippen molar-refractivity contribution in [2.45, 2.75) is 0 Å². The first kappa shape index (κ1) is 6.26. The van der Waals surface area contributed by atoms with Gasteiger partial charge in [-0.1, -0.05) is 15.3 Å². The minimum atomic E-state index is -1.40. The number of rotatable bonds is 1. The Kier molecular flexibility index (Phi) is 1.64. The van der Waals surface area contributed by atoms with Gasteiger partial charge < -0.3 is 5.11 Å². The van der Waals surface area contributed by atoms with Crippen molar-refractivity contribution in [2.75, 3.05) is 0 Å². The highest BCUT2D eigenvalue weighted by Gasteiger charge is 1.93. The van der Waals surface area contributed by atoms with Crippen LogP contribution in [0, 0.1) is 0 Å². The number of nitrogens with one attached hydrogen (secondary N) is 1. The van der Waals surface area contributed by atoms with Gasteiger partial charge in [-0.3, -0.25) is 0 Å². The van der Waals surface area contributed by atoms with Crippen LogP contribution in [0.25, 0.3) is 0 Å². The minimum Gasteiger partial charge on any atom is -0.462 e. The lowest BCUT2D eigenvalue weighted by Crippen LogP contribution is -1.80. The summed E-state index contributed by atoms with van der Waals surface area (Å²) in [6, 6.07) is 0. The van der Waals surface area contributed by atoms with Crippen LogP contribution in [0.1, 0.15) is 0 Å². The first-order valence-corrected chi connectivity index (χ1v) is 2.17. The Balaban J connectivity index is 2.64. The van der Waals surface area contributed by atoms with Crippen molar-refractivity contribution in [3.8, 4) is 0 Å². The molecule has 1 aromatic heterocycles. The van der Waals surface area contributed by atoms with Crippen molar-refractivity contribution in [1.29, 1.82) is 0 Å². The second-order valence-electron chi connectivity index (χ2n) is 1.19. The van der Waals surface area contributed by atoms with E-state index in [0.29, 0.717) is 0 Å². The number of hydrogen-bond donors (Lipinski definition) is 2. The van der Waals surface area contributed by atoms with E-state index in [1.807, 2.05) is 0 Å². The van der Waals surface area contributed by atoms with Gasteiger partial charge in [0.15, 0.2) is 0 Å². The summed E-state index contributed by atoms with van der Waals surface area (Å²) in [4.78, 5) is 9.75. The first-order valence-electron chi connectivity index (χ1n) is 2.17. The molecule has 0 saturated carbocycles. The highest BCUT2D eigenvalue weighted by molar-refractivity contribution is 5.64. The van der Waals surface area contributed by atoms with E-state index in [0.717, 1.165) is 0 Å². The monoisotopic (exact) mass is 142 g/mol. The summed E-state index contributed by atoms with van der Waals surface area (Å²) >= 11 is 0. The summed E-state index contributed by atoms with van der Waals surface area (Å²) in [5.74, 6) is -0.109. The van der Waals surface area contributed by atoms with Crippen LogP contribution in [0.15, 0.2) is 10.2 Å². The second kappa shape index (κ2) is 2.62. The van der Waals surface area contributed by atoms with Gasteiger partial charge in [-0.2, -0.15) is 5.21 Å². The Morgan fingerprint density at radius 1 is 1.70 bits per heavy atom. The third-order valence-corrected chi connectivity index (χ3v) is 0.559. The molecule has 0 fully saturated rings. The average Bonchev–Trinajstić information content (AvgIpc) is 2.34. The molecule has 0 spiro atoms. The maximum Gasteiger partial charge on any atom is 0.450 e. The largest absolute Gasteiger partial charge is 0.462 e. The van der Waals surface area contributed by atoms with Crippen LogP contribution < -0.4 is 0 Å². The summed E-state index contributed by atoms with van der Waals surface area (Å²) < 4.78 is 0. The molecule has 0 aliphatic carbocycles. The van der Waals surface area contributed by atoms with Crippen LogP contribution in [0.3, 0.4) is 0 Å². The van der Waals surface area contributed by atoms with Crippen LogP contribution in [-0.4, -0.2) is 31.8 Å². The number of hydrogen-bond acceptors (Lipinski definition) is 5. The Hall–Kier alpha value is -1.86. The van der Waals surface area contributed by atoms with Gasteiger partial charge in [0, 0.05) is 0 Å². The summed E-state index contributed by atoms with van der Waals surface area (Å²) in [6.07, 6.45) is -1.40. The minimum absolute atomic E-state index is 0.109. The number of nitrogens with zero attached hydrogens (tertiary/aromatic N) is 5. The van der Waals surface area contributed by atoms with E-state index in [2.05, 4.69) is 30.9 Å². The van der Waals surface area contributed by atoms with Gasteiger partial charge in [-0.15, -0.1) is 5.10 Å². The molecule has 0 atom stereocenters. The van der Waals surface area contributed by atoms with Gasteiger partial charge in [-0.05, 0) is 5.21 Å². The molecule has 0 aliphatic rings. The van der Waals surface area contributed by atoms with Crippen LogP contribution in [0.2, 0.25) is 0 Å². The van der Waals surface area contributed by atoms with Gasteiger partial charge in [0.1, 0.15) is 0 Å². The Bertz CT molecular complexity index is 238. The van der Waals surface area contributed by atoms with E-state index in [9.17, 15) is 4.79 Å². The predicted octanol–water partition coefficient (Wildman–Crippen LogP) is -0.0386. The predicted molar refractivity (Wildman–Crippen MR) is 26.7 cm³/mol. The van der Waals surface area contributed by atoms with Gasteiger partial charge >= 0.3 is 12.0 Å². The fraction of sp³-hybridized carbons (Fsp3) is 0. The number of H-pyrrole nitrogens is 1. The van der Waals surface area contributed by atoms with Gasteiger partial charge in [0.25, 0.3) is 0 Å². The SMILES string of the molecule is O=C(O)/N=N/c1nn[nH]n1. The van der Waals surface area contributed by atoms with Crippen molar-refractivity contribution in [2.24, 2.45) is 10.2 Å². The normalized spacial score (nSPS) is 10.4. The zero-order valence-electron chi connectivity index (χ0n) is 4.59. The fourth-order valence-electron chi connectivity index (χ4n) is 0.286. The molecular weight excluding hydrogens is 140 g/mol. The smallest absolute Gasteiger partial charge is 0.450 e. The van der Waals surface area contributed by atoms with Crippen LogP contribution >= 0.6 is 0 Å². The summed E-state index contributed by atoms with van der Waals surface area (Å²) in [6.45, 7) is 0. The highest BCUT2D eigenvalue weighted by Crippen LogP contribution is 1.96. The van der Waals surface area contributed by atoms with E-state index >= 15 is 0 Å². The Morgan fingerprint density at radius 3 is 3.00 bits per heavy atom. The number of aromatic amines is 1. The van der Waals surface area contributed by atoms with Gasteiger partial charge in [-0.25, -0.2) is 4.79 Å². The maximum absolute atomic E-state index is 9.75. The van der Waals surface area contributed by atoms with Crippen LogP contribution in [0.5, 0.6) is 0 Å². The molecule has 0 bridgehead atoms. The molecule has 0 radical (unpaired) electrons. The van der Waals surface area contributed by atoms with E-state index in [1.54, 1.807) is 0 Å². The third kappa shape index (κ3) is 1.58. The number of azo groups is 1. The van der Waals surface area contributed by atoms with Crippen LogP contribution in [0.4, 0.5) is 10.7 Å². The van der Waals surface area contributed by atoms with Crippen LogP contribution in [-0.2, 0) is 0 Å². The zero-order valence-corrected chi connectivity index (χ0v) is 4.59. The maximum atomic E-state index is 9.75. The van der Waals surface area contributed by atoms with Crippen molar-refractivity contribution in [3.63, 3.8) is 0 Å². The summed E-state index contributed by atoms with van der Waals surface area (Å²) in [5.41, 5.74) is 0. The quantitative estimate of drug-likeness (QED) is 0.533. The molecule has 0 aromatic carbocycles. The van der Waals surface area contributed by atoms with E-state index in [1.165, 1.54) is 0 Å². The lowest BCUT2D eigenvalue weighted by molar-refractivity contribution is 0.204. The van der Waals surface area contributed by atoms with Gasteiger partial charge in [0.05, 0.1) is 0 Å². The summed E-state index contributed by atoms with van der Waals surface area (Å²) in [7, 11) is 0. The average molecular weight is 142 g/mol. The molecule has 1 rings (SSSR count). The first-order chi connectivity index (χ1) is 4.79.